The second-order valence-corrected chi connectivity index (χ2v) is 3.90. The molecule has 0 amide bonds. The highest BCUT2D eigenvalue weighted by molar-refractivity contribution is 5.86. The highest BCUT2D eigenvalue weighted by Crippen LogP contribution is 2.13. The van der Waals surface area contributed by atoms with Crippen LogP contribution in [0.2, 0.25) is 0 Å². The SMILES string of the molecule is COC(=O)c1nn(-c2ccc(F)cc2C)ccc1=O. The summed E-state index contributed by atoms with van der Waals surface area (Å²) in [7, 11) is 1.17. The van der Waals surface area contributed by atoms with Crippen LogP contribution in [0.1, 0.15) is 16.1 Å². The number of methoxy groups -OCH3 is 1. The van der Waals surface area contributed by atoms with Gasteiger partial charge in [-0.2, -0.15) is 5.10 Å². The molecule has 0 fully saturated rings. The molecule has 2 rings (SSSR count). The van der Waals surface area contributed by atoms with Crippen LogP contribution in [0.4, 0.5) is 4.39 Å². The number of aryl methyl sites for hydroxylation is 1. The highest BCUT2D eigenvalue weighted by atomic mass is 19.1. The average Bonchev–Trinajstić information content (AvgIpc) is 2.39. The van der Waals surface area contributed by atoms with Crippen molar-refractivity contribution < 1.29 is 13.9 Å². The monoisotopic (exact) mass is 262 g/mol. The van der Waals surface area contributed by atoms with Crippen molar-refractivity contribution in [2.24, 2.45) is 0 Å². The van der Waals surface area contributed by atoms with Crippen LogP contribution in [0.25, 0.3) is 5.69 Å². The smallest absolute Gasteiger partial charge is 0.362 e. The molecule has 0 aliphatic rings. The van der Waals surface area contributed by atoms with Gasteiger partial charge in [0.15, 0.2) is 0 Å². The van der Waals surface area contributed by atoms with E-state index in [1.807, 2.05) is 0 Å². The van der Waals surface area contributed by atoms with E-state index < -0.39 is 11.4 Å². The molecule has 0 atom stereocenters. The van der Waals surface area contributed by atoms with Crippen molar-refractivity contribution in [3.05, 3.63) is 57.8 Å². The van der Waals surface area contributed by atoms with E-state index in [9.17, 15) is 14.0 Å². The molecule has 98 valence electrons. The van der Waals surface area contributed by atoms with Gasteiger partial charge in [-0.05, 0) is 30.7 Å². The predicted octanol–water partition coefficient (Wildman–Crippen LogP) is 1.47. The molecule has 1 aromatic heterocycles. The summed E-state index contributed by atoms with van der Waals surface area (Å²) in [4.78, 5) is 22.9. The summed E-state index contributed by atoms with van der Waals surface area (Å²) in [5.41, 5.74) is 0.370. The summed E-state index contributed by atoms with van der Waals surface area (Å²) in [5, 5.41) is 3.91. The first kappa shape index (κ1) is 12.9. The van der Waals surface area contributed by atoms with Gasteiger partial charge in [0.2, 0.25) is 11.1 Å². The summed E-state index contributed by atoms with van der Waals surface area (Å²) in [6, 6.07) is 5.35. The summed E-state index contributed by atoms with van der Waals surface area (Å²) in [6.45, 7) is 1.70. The quantitative estimate of drug-likeness (QED) is 0.769. The third-order valence-electron chi connectivity index (χ3n) is 2.59. The van der Waals surface area contributed by atoms with Crippen LogP contribution in [-0.4, -0.2) is 22.9 Å². The topological polar surface area (TPSA) is 61.2 Å². The highest BCUT2D eigenvalue weighted by Gasteiger charge is 2.14. The molecule has 1 aromatic carbocycles. The number of aromatic nitrogens is 2. The number of ether oxygens (including phenoxy) is 1. The molecule has 5 nitrogen and oxygen atoms in total. The zero-order valence-corrected chi connectivity index (χ0v) is 10.4. The van der Waals surface area contributed by atoms with Gasteiger partial charge >= 0.3 is 5.97 Å². The van der Waals surface area contributed by atoms with Gasteiger partial charge in [-0.1, -0.05) is 0 Å². The number of carbonyl (C=O) groups is 1. The largest absolute Gasteiger partial charge is 0.464 e. The van der Waals surface area contributed by atoms with Crippen molar-refractivity contribution in [1.29, 1.82) is 0 Å². The van der Waals surface area contributed by atoms with Crippen molar-refractivity contribution in [1.82, 2.24) is 9.78 Å². The summed E-state index contributed by atoms with van der Waals surface area (Å²) in [5.74, 6) is -1.17. The number of carbonyl (C=O) groups excluding carboxylic acids is 1. The van der Waals surface area contributed by atoms with Gasteiger partial charge < -0.3 is 4.74 Å². The van der Waals surface area contributed by atoms with E-state index in [4.69, 9.17) is 0 Å². The normalized spacial score (nSPS) is 10.3. The first-order valence-corrected chi connectivity index (χ1v) is 5.48. The van der Waals surface area contributed by atoms with Gasteiger partial charge in [-0.15, -0.1) is 0 Å². The maximum atomic E-state index is 13.0. The molecule has 2 aromatic rings. The molecule has 6 heteroatoms. The molecule has 0 saturated heterocycles. The molecule has 0 spiro atoms. The van der Waals surface area contributed by atoms with E-state index >= 15 is 0 Å². The minimum atomic E-state index is -0.806. The second-order valence-electron chi connectivity index (χ2n) is 3.90. The summed E-state index contributed by atoms with van der Waals surface area (Å²) in [6.07, 6.45) is 1.41. The number of esters is 1. The first-order chi connectivity index (χ1) is 9.02. The van der Waals surface area contributed by atoms with Crippen LogP contribution >= 0.6 is 0 Å². The van der Waals surface area contributed by atoms with Crippen LogP contribution in [-0.2, 0) is 4.74 Å². The molecule has 0 radical (unpaired) electrons. The third kappa shape index (κ3) is 2.52. The van der Waals surface area contributed by atoms with Crippen molar-refractivity contribution in [2.75, 3.05) is 7.11 Å². The van der Waals surface area contributed by atoms with Gasteiger partial charge in [-0.3, -0.25) is 4.79 Å². The third-order valence-corrected chi connectivity index (χ3v) is 2.59. The molecule has 0 unspecified atom stereocenters. The Morgan fingerprint density at radius 3 is 2.74 bits per heavy atom. The molecule has 1 heterocycles. The summed E-state index contributed by atoms with van der Waals surface area (Å²) >= 11 is 0. The molecule has 0 bridgehead atoms. The minimum Gasteiger partial charge on any atom is -0.464 e. The number of benzene rings is 1. The fourth-order valence-electron chi connectivity index (χ4n) is 1.66. The lowest BCUT2D eigenvalue weighted by atomic mass is 10.2. The Morgan fingerprint density at radius 2 is 2.11 bits per heavy atom. The van der Waals surface area contributed by atoms with Gasteiger partial charge in [0.1, 0.15) is 5.82 Å². The van der Waals surface area contributed by atoms with E-state index in [-0.39, 0.29) is 11.5 Å². The molecule has 0 N–H and O–H groups in total. The Balaban J connectivity index is 2.57. The Kier molecular flexibility index (Phi) is 3.41. The number of hydrogen-bond acceptors (Lipinski definition) is 4. The maximum absolute atomic E-state index is 13.0. The van der Waals surface area contributed by atoms with Crippen molar-refractivity contribution in [2.45, 2.75) is 6.92 Å². The molecule has 0 aliphatic heterocycles. The maximum Gasteiger partial charge on any atom is 0.362 e. The molecular weight excluding hydrogens is 251 g/mol. The lowest BCUT2D eigenvalue weighted by Crippen LogP contribution is -2.21. The summed E-state index contributed by atoms with van der Waals surface area (Å²) < 4.78 is 18.9. The lowest BCUT2D eigenvalue weighted by molar-refractivity contribution is 0.0590. The van der Waals surface area contributed by atoms with Crippen LogP contribution in [0.3, 0.4) is 0 Å². The van der Waals surface area contributed by atoms with Crippen molar-refractivity contribution in [3.63, 3.8) is 0 Å². The molecular formula is C13H11FN2O3. The fourth-order valence-corrected chi connectivity index (χ4v) is 1.66. The van der Waals surface area contributed by atoms with E-state index in [1.165, 1.54) is 42.3 Å². The van der Waals surface area contributed by atoms with Crippen LogP contribution in [0.5, 0.6) is 0 Å². The fraction of sp³-hybridized carbons (Fsp3) is 0.154. The van der Waals surface area contributed by atoms with E-state index in [2.05, 4.69) is 9.84 Å². The first-order valence-electron chi connectivity index (χ1n) is 5.48. The molecule has 0 aliphatic carbocycles. The van der Waals surface area contributed by atoms with Gasteiger partial charge in [0.25, 0.3) is 0 Å². The van der Waals surface area contributed by atoms with Crippen LogP contribution in [0, 0.1) is 12.7 Å². The zero-order chi connectivity index (χ0) is 14.0. The van der Waals surface area contributed by atoms with Crippen LogP contribution < -0.4 is 5.43 Å². The number of halogens is 1. The molecule has 0 saturated carbocycles. The minimum absolute atomic E-state index is 0.311. The Labute approximate surface area is 108 Å². The van der Waals surface area contributed by atoms with Crippen molar-refractivity contribution in [3.8, 4) is 5.69 Å². The van der Waals surface area contributed by atoms with E-state index in [0.29, 0.717) is 11.3 Å². The Hall–Kier alpha value is -2.50. The standard InChI is InChI=1S/C13H11FN2O3/c1-8-7-9(14)3-4-10(8)16-6-5-11(17)12(15-16)13(18)19-2/h3-7H,1-2H3. The van der Waals surface area contributed by atoms with Crippen LogP contribution in [0.15, 0.2) is 35.3 Å². The van der Waals surface area contributed by atoms with Gasteiger partial charge in [-0.25, -0.2) is 13.9 Å². The van der Waals surface area contributed by atoms with E-state index in [1.54, 1.807) is 6.92 Å². The average molecular weight is 262 g/mol. The predicted molar refractivity (Wildman–Crippen MR) is 65.9 cm³/mol. The number of rotatable bonds is 2. The second kappa shape index (κ2) is 5.01. The Morgan fingerprint density at radius 1 is 1.37 bits per heavy atom. The number of nitrogens with zero attached hydrogens (tertiary/aromatic N) is 2. The van der Waals surface area contributed by atoms with Gasteiger partial charge in [0.05, 0.1) is 12.8 Å². The van der Waals surface area contributed by atoms with Gasteiger partial charge in [0, 0.05) is 12.3 Å². The van der Waals surface area contributed by atoms with Crippen molar-refractivity contribution >= 4 is 5.97 Å². The zero-order valence-electron chi connectivity index (χ0n) is 10.4. The molecule has 19 heavy (non-hydrogen) atoms. The Bertz CT molecular complexity index is 695. The number of hydrogen-bond donors (Lipinski definition) is 0. The van der Waals surface area contributed by atoms with E-state index in [0.717, 1.165) is 0 Å². The lowest BCUT2D eigenvalue weighted by Gasteiger charge is -2.09.